The van der Waals surface area contributed by atoms with Gasteiger partial charge < -0.3 is 2.85 Å². The molecular formula is C14H16Mg2. The summed E-state index contributed by atoms with van der Waals surface area (Å²) >= 11 is 0. The Morgan fingerprint density at radius 2 is 0.938 bits per heavy atom. The van der Waals surface area contributed by atoms with Crippen molar-refractivity contribution in [1.82, 2.24) is 0 Å². The van der Waals surface area contributed by atoms with Crippen molar-refractivity contribution in [1.29, 1.82) is 0 Å². The van der Waals surface area contributed by atoms with E-state index >= 15 is 0 Å². The average molecular weight is 233 g/mol. The van der Waals surface area contributed by atoms with Crippen LogP contribution in [0.5, 0.6) is 0 Å². The van der Waals surface area contributed by atoms with Crippen molar-refractivity contribution < 1.29 is 2.85 Å². The van der Waals surface area contributed by atoms with E-state index < -0.39 is 0 Å². The van der Waals surface area contributed by atoms with Crippen LogP contribution in [0.25, 0.3) is 0 Å². The van der Waals surface area contributed by atoms with Crippen molar-refractivity contribution in [2.45, 2.75) is 13.8 Å². The van der Waals surface area contributed by atoms with Crippen LogP contribution in [0.1, 0.15) is 14.0 Å². The Morgan fingerprint density at radius 3 is 1.06 bits per heavy atom. The van der Waals surface area contributed by atoms with E-state index in [0.717, 1.165) is 0 Å². The molecule has 2 rings (SSSR count). The Balaban J connectivity index is -0.0000000891. The van der Waals surface area contributed by atoms with Crippen LogP contribution >= 0.6 is 0 Å². The molecule has 0 aliphatic heterocycles. The molecule has 0 saturated carbocycles. The van der Waals surface area contributed by atoms with Crippen LogP contribution in [0, 0.1) is 26.0 Å². The molecule has 0 N–H and O–H groups in total. The Bertz CT molecular complexity index is 315. The number of benzene rings is 2. The summed E-state index contributed by atoms with van der Waals surface area (Å²) in [5.41, 5.74) is 2.58. The summed E-state index contributed by atoms with van der Waals surface area (Å²) in [6, 6.07) is 21.6. The van der Waals surface area contributed by atoms with Crippen LogP contribution < -0.4 is 0 Å². The van der Waals surface area contributed by atoms with E-state index in [4.69, 9.17) is 0 Å². The van der Waals surface area contributed by atoms with Gasteiger partial charge in [-0.25, -0.2) is 0 Å². The van der Waals surface area contributed by atoms with Gasteiger partial charge in [0.2, 0.25) is 0 Å². The third-order valence-corrected chi connectivity index (χ3v) is 1.77. The van der Waals surface area contributed by atoms with Gasteiger partial charge in [0.1, 0.15) is 0 Å². The van der Waals surface area contributed by atoms with Crippen LogP contribution in [-0.2, 0) is 0 Å². The predicted molar refractivity (Wildman–Crippen MR) is 73.8 cm³/mol. The molecule has 0 heterocycles. The summed E-state index contributed by atoms with van der Waals surface area (Å²) in [5.74, 6) is 0. The van der Waals surface area contributed by atoms with Crippen molar-refractivity contribution in [3.63, 3.8) is 0 Å². The molecule has 0 amide bonds. The molecule has 0 aliphatic carbocycles. The zero-order valence-electron chi connectivity index (χ0n) is 12.0. The molecule has 2 heteroatoms. The zero-order valence-corrected chi connectivity index (χ0v) is 12.9. The van der Waals surface area contributed by atoms with E-state index in [0.29, 0.717) is 0 Å². The van der Waals surface area contributed by atoms with Gasteiger partial charge in [-0.2, -0.15) is 71.8 Å². The van der Waals surface area contributed by atoms with Crippen LogP contribution in [0.4, 0.5) is 0 Å². The largest absolute Gasteiger partial charge is 2.00 e. The first-order valence-electron chi connectivity index (χ1n) is 4.64. The van der Waals surface area contributed by atoms with Gasteiger partial charge in [0.25, 0.3) is 0 Å². The molecule has 0 bridgehead atoms. The van der Waals surface area contributed by atoms with Crippen molar-refractivity contribution >= 4 is 46.1 Å². The molecule has 76 valence electrons. The Kier molecular flexibility index (Phi) is 13.1. The fourth-order valence-electron chi connectivity index (χ4n) is 0.940. The molecule has 0 radical (unpaired) electrons. The number of hydrogen-bond donors (Lipinski definition) is 0. The smallest absolute Gasteiger partial charge is 1.00 e. The number of rotatable bonds is 0. The molecule has 0 spiro atoms. The normalized spacial score (nSPS) is 7.62. The summed E-state index contributed by atoms with van der Waals surface area (Å²) in [5, 5.41) is 0. The molecule has 0 aliphatic rings. The molecule has 16 heavy (non-hydrogen) atoms. The summed E-state index contributed by atoms with van der Waals surface area (Å²) in [4.78, 5) is 0. The van der Waals surface area contributed by atoms with Gasteiger partial charge in [-0.3, -0.25) is 0 Å². The maximum atomic E-state index is 2.93. The molecule has 0 nitrogen and oxygen atoms in total. The van der Waals surface area contributed by atoms with Crippen molar-refractivity contribution in [3.05, 3.63) is 71.8 Å². The maximum absolute atomic E-state index is 2.93. The second-order valence-corrected chi connectivity index (χ2v) is 3.15. The van der Waals surface area contributed by atoms with Gasteiger partial charge in [0, 0.05) is 0 Å². The van der Waals surface area contributed by atoms with E-state index in [-0.39, 0.29) is 49.0 Å². The second-order valence-electron chi connectivity index (χ2n) is 3.15. The molecule has 2 aromatic rings. The summed E-state index contributed by atoms with van der Waals surface area (Å²) in [6.45, 7) is 4.13. The maximum Gasteiger partial charge on any atom is 2.00 e. The van der Waals surface area contributed by atoms with Gasteiger partial charge in [-0.15, -0.1) is 0 Å². The minimum atomic E-state index is 0. The van der Waals surface area contributed by atoms with Crippen molar-refractivity contribution in [2.24, 2.45) is 0 Å². The molecule has 0 saturated heterocycles. The first kappa shape index (κ1) is 18.3. The molecular weight excluding hydrogens is 217 g/mol. The van der Waals surface area contributed by atoms with Crippen LogP contribution in [0.15, 0.2) is 48.5 Å². The summed E-state index contributed by atoms with van der Waals surface area (Å²) < 4.78 is 0. The predicted octanol–water partition coefficient (Wildman–Crippen LogP) is 3.05. The minimum Gasteiger partial charge on any atom is -1.00 e. The summed E-state index contributed by atoms with van der Waals surface area (Å²) in [6.07, 6.45) is 0. The topological polar surface area (TPSA) is 0 Å². The van der Waals surface area contributed by atoms with E-state index in [9.17, 15) is 0 Å². The van der Waals surface area contributed by atoms with Crippen molar-refractivity contribution in [3.8, 4) is 0 Å². The fraction of sp³-hybridized carbons (Fsp3) is 0.143. The van der Waals surface area contributed by atoms with E-state index in [1.54, 1.807) is 0 Å². The molecule has 0 aromatic heterocycles. The quantitative estimate of drug-likeness (QED) is 0.484. The third kappa shape index (κ3) is 9.22. The van der Waals surface area contributed by atoms with Crippen molar-refractivity contribution in [2.75, 3.05) is 0 Å². The van der Waals surface area contributed by atoms with Gasteiger partial charge in [-0.1, -0.05) is 13.8 Å². The zero-order chi connectivity index (χ0) is 10.2. The van der Waals surface area contributed by atoms with Crippen LogP contribution in [0.2, 0.25) is 0 Å². The van der Waals surface area contributed by atoms with E-state index in [2.05, 4.69) is 26.0 Å². The Morgan fingerprint density at radius 1 is 0.688 bits per heavy atom. The third-order valence-electron chi connectivity index (χ3n) is 1.77. The number of aryl methyl sites for hydroxylation is 2. The molecule has 2 aromatic carbocycles. The SMILES string of the molecule is Cc1cc[c-]cc1.Cc1cc[c-]cc1.[H-].[H-].[Mg+2].[Mg+2]. The minimum absolute atomic E-state index is 0. The molecule has 0 atom stereocenters. The Labute approximate surface area is 134 Å². The van der Waals surface area contributed by atoms with Crippen LogP contribution in [0.3, 0.4) is 0 Å². The van der Waals surface area contributed by atoms with E-state index in [1.807, 2.05) is 48.5 Å². The fourth-order valence-corrected chi connectivity index (χ4v) is 0.940. The number of hydrogen-bond acceptors (Lipinski definition) is 0. The van der Waals surface area contributed by atoms with Gasteiger partial charge in [0.05, 0.1) is 0 Å². The standard InChI is InChI=1S/2C7H7.2Mg.2H/c2*1-7-5-3-2-4-6-7;;;;/h2*3-6H,1H3;;;;/q2*-1;2*+2;2*-1. The molecule has 0 unspecified atom stereocenters. The first-order chi connectivity index (χ1) is 6.79. The monoisotopic (exact) mass is 232 g/mol. The summed E-state index contributed by atoms with van der Waals surface area (Å²) in [7, 11) is 0. The second kappa shape index (κ2) is 11.5. The average Bonchev–Trinajstić information content (AvgIpc) is 2.21. The van der Waals surface area contributed by atoms with E-state index in [1.165, 1.54) is 11.1 Å². The first-order valence-corrected chi connectivity index (χ1v) is 4.64. The van der Waals surface area contributed by atoms with Gasteiger partial charge >= 0.3 is 46.1 Å². The molecule has 0 fully saturated rings. The Hall–Kier alpha value is -0.0275. The van der Waals surface area contributed by atoms with Gasteiger partial charge in [-0.05, 0) is 0 Å². The van der Waals surface area contributed by atoms with Gasteiger partial charge in [0.15, 0.2) is 0 Å². The van der Waals surface area contributed by atoms with Crippen LogP contribution in [-0.4, -0.2) is 46.1 Å².